The molecule has 2 rings (SSSR count). The minimum Gasteiger partial charge on any atom is -0.449 e. The fourth-order valence-corrected chi connectivity index (χ4v) is 2.22. The van der Waals surface area contributed by atoms with Crippen molar-refractivity contribution in [3.8, 4) is 0 Å². The third-order valence-electron chi connectivity index (χ3n) is 3.05. The molecular weight excluding hydrogens is 348 g/mol. The highest BCUT2D eigenvalue weighted by atomic mass is 79.9. The van der Waals surface area contributed by atoms with Gasteiger partial charge in [-0.25, -0.2) is 4.79 Å². The second-order valence-corrected chi connectivity index (χ2v) is 5.59. The van der Waals surface area contributed by atoms with Crippen molar-refractivity contribution in [1.82, 2.24) is 4.98 Å². The topological polar surface area (TPSA) is 59.5 Å². The Labute approximate surface area is 137 Å². The van der Waals surface area contributed by atoms with Gasteiger partial charge in [-0.2, -0.15) is 0 Å². The summed E-state index contributed by atoms with van der Waals surface area (Å²) in [4.78, 5) is 29.7. The van der Waals surface area contributed by atoms with E-state index in [9.17, 15) is 9.59 Å². The van der Waals surface area contributed by atoms with Crippen molar-refractivity contribution in [1.29, 1.82) is 0 Å². The second kappa shape index (κ2) is 7.17. The van der Waals surface area contributed by atoms with Crippen LogP contribution in [0.2, 0.25) is 0 Å². The smallest absolute Gasteiger partial charge is 0.340 e. The number of aromatic nitrogens is 1. The first kappa shape index (κ1) is 16.2. The van der Waals surface area contributed by atoms with Crippen LogP contribution in [-0.4, -0.2) is 30.0 Å². The summed E-state index contributed by atoms with van der Waals surface area (Å²) >= 11 is 3.23. The molecule has 2 aromatic rings. The predicted molar refractivity (Wildman–Crippen MR) is 86.7 cm³/mol. The molecule has 114 valence electrons. The Morgan fingerprint density at radius 1 is 1.23 bits per heavy atom. The summed E-state index contributed by atoms with van der Waals surface area (Å²) in [7, 11) is 1.64. The first-order chi connectivity index (χ1) is 10.5. The zero-order valence-corrected chi connectivity index (χ0v) is 13.8. The van der Waals surface area contributed by atoms with E-state index in [1.165, 1.54) is 11.1 Å². The molecule has 0 saturated carbocycles. The molecule has 1 aromatic carbocycles. The Balaban J connectivity index is 2.04. The van der Waals surface area contributed by atoms with Gasteiger partial charge in [-0.3, -0.25) is 9.78 Å². The maximum absolute atomic E-state index is 12.3. The minimum atomic E-state index is -0.892. The van der Waals surface area contributed by atoms with E-state index in [1.807, 2.05) is 30.3 Å². The molecule has 1 aromatic heterocycles. The summed E-state index contributed by atoms with van der Waals surface area (Å²) in [5.41, 5.74) is 1.02. The van der Waals surface area contributed by atoms with Crippen LogP contribution in [0.15, 0.2) is 53.3 Å². The number of para-hydroxylation sites is 1. The maximum atomic E-state index is 12.3. The lowest BCUT2D eigenvalue weighted by Gasteiger charge is -2.21. The van der Waals surface area contributed by atoms with E-state index in [1.54, 1.807) is 26.2 Å². The van der Waals surface area contributed by atoms with Crippen molar-refractivity contribution in [2.75, 3.05) is 11.9 Å². The van der Waals surface area contributed by atoms with Crippen LogP contribution in [0.4, 0.5) is 5.69 Å². The van der Waals surface area contributed by atoms with Crippen LogP contribution in [0.1, 0.15) is 17.3 Å². The van der Waals surface area contributed by atoms with Crippen molar-refractivity contribution in [2.24, 2.45) is 0 Å². The van der Waals surface area contributed by atoms with Gasteiger partial charge in [0.15, 0.2) is 6.10 Å². The first-order valence-corrected chi connectivity index (χ1v) is 7.42. The summed E-state index contributed by atoms with van der Waals surface area (Å²) in [6.07, 6.45) is 2.07. The van der Waals surface area contributed by atoms with Crippen LogP contribution >= 0.6 is 15.9 Å². The zero-order chi connectivity index (χ0) is 16.1. The fraction of sp³-hybridized carbons (Fsp3) is 0.188. The van der Waals surface area contributed by atoms with E-state index in [2.05, 4.69) is 20.9 Å². The molecule has 1 atom stereocenters. The third kappa shape index (κ3) is 3.92. The molecule has 6 heteroatoms. The molecule has 0 aliphatic rings. The molecule has 0 aliphatic carbocycles. The molecule has 0 N–H and O–H groups in total. The Kier molecular flexibility index (Phi) is 5.27. The zero-order valence-electron chi connectivity index (χ0n) is 12.2. The van der Waals surface area contributed by atoms with Gasteiger partial charge >= 0.3 is 5.97 Å². The van der Waals surface area contributed by atoms with Crippen LogP contribution in [0.3, 0.4) is 0 Å². The van der Waals surface area contributed by atoms with E-state index < -0.39 is 12.1 Å². The summed E-state index contributed by atoms with van der Waals surface area (Å²) in [6.45, 7) is 1.55. The van der Waals surface area contributed by atoms with Gasteiger partial charge in [0.1, 0.15) is 0 Å². The number of carbonyl (C=O) groups is 2. The number of nitrogens with zero attached hydrogens (tertiary/aromatic N) is 2. The first-order valence-electron chi connectivity index (χ1n) is 6.63. The number of likely N-dealkylation sites (N-methyl/N-ethyl adjacent to an activating group) is 1. The number of halogens is 1. The lowest BCUT2D eigenvalue weighted by atomic mass is 10.2. The van der Waals surface area contributed by atoms with Gasteiger partial charge in [0.25, 0.3) is 5.91 Å². The summed E-state index contributed by atoms with van der Waals surface area (Å²) in [6, 6.07) is 10.8. The van der Waals surface area contributed by atoms with Crippen LogP contribution in [-0.2, 0) is 9.53 Å². The SMILES string of the molecule is C[C@H](OC(=O)c1cncc(Br)c1)C(=O)N(C)c1ccccc1. The number of amides is 1. The highest BCUT2D eigenvalue weighted by Crippen LogP contribution is 2.15. The summed E-state index contributed by atoms with van der Waals surface area (Å²) in [5.74, 6) is -0.890. The van der Waals surface area contributed by atoms with Gasteiger partial charge in [0, 0.05) is 29.6 Å². The van der Waals surface area contributed by atoms with Gasteiger partial charge in [-0.15, -0.1) is 0 Å². The van der Waals surface area contributed by atoms with Crippen molar-refractivity contribution in [2.45, 2.75) is 13.0 Å². The fourth-order valence-electron chi connectivity index (χ4n) is 1.85. The van der Waals surface area contributed by atoms with Gasteiger partial charge < -0.3 is 9.64 Å². The van der Waals surface area contributed by atoms with Gasteiger partial charge in [0.2, 0.25) is 0 Å². The largest absolute Gasteiger partial charge is 0.449 e. The Bertz CT molecular complexity index is 676. The average molecular weight is 363 g/mol. The van der Waals surface area contributed by atoms with E-state index in [0.717, 1.165) is 5.69 Å². The number of ether oxygens (including phenoxy) is 1. The number of benzene rings is 1. The van der Waals surface area contributed by atoms with Gasteiger partial charge in [-0.1, -0.05) is 18.2 Å². The Morgan fingerprint density at radius 3 is 2.55 bits per heavy atom. The number of pyridine rings is 1. The van der Waals surface area contributed by atoms with E-state index in [0.29, 0.717) is 4.47 Å². The number of hydrogen-bond donors (Lipinski definition) is 0. The monoisotopic (exact) mass is 362 g/mol. The quantitative estimate of drug-likeness (QED) is 0.784. The van der Waals surface area contributed by atoms with Crippen LogP contribution < -0.4 is 4.90 Å². The highest BCUT2D eigenvalue weighted by Gasteiger charge is 2.23. The van der Waals surface area contributed by atoms with Crippen molar-refractivity contribution in [3.63, 3.8) is 0 Å². The molecule has 22 heavy (non-hydrogen) atoms. The van der Waals surface area contributed by atoms with E-state index in [4.69, 9.17) is 4.74 Å². The summed E-state index contributed by atoms with van der Waals surface area (Å²) in [5, 5.41) is 0. The molecule has 0 saturated heterocycles. The number of anilines is 1. The van der Waals surface area contributed by atoms with E-state index >= 15 is 0 Å². The van der Waals surface area contributed by atoms with Crippen molar-refractivity contribution >= 4 is 33.5 Å². The lowest BCUT2D eigenvalue weighted by molar-refractivity contribution is -0.126. The molecule has 0 spiro atoms. The highest BCUT2D eigenvalue weighted by molar-refractivity contribution is 9.10. The van der Waals surface area contributed by atoms with Crippen LogP contribution in [0, 0.1) is 0 Å². The van der Waals surface area contributed by atoms with Crippen LogP contribution in [0.25, 0.3) is 0 Å². The minimum absolute atomic E-state index is 0.288. The standard InChI is InChI=1S/C16H15BrN2O3/c1-11(15(20)19(2)14-6-4-3-5-7-14)22-16(21)12-8-13(17)10-18-9-12/h3-11H,1-2H3/t11-/m0/s1. The third-order valence-corrected chi connectivity index (χ3v) is 3.48. The number of hydrogen-bond acceptors (Lipinski definition) is 4. The number of esters is 1. The average Bonchev–Trinajstić information content (AvgIpc) is 2.54. The van der Waals surface area contributed by atoms with E-state index in [-0.39, 0.29) is 11.5 Å². The second-order valence-electron chi connectivity index (χ2n) is 4.67. The lowest BCUT2D eigenvalue weighted by Crippen LogP contribution is -2.37. The molecule has 0 aliphatic heterocycles. The molecule has 5 nitrogen and oxygen atoms in total. The molecular formula is C16H15BrN2O3. The van der Waals surface area contributed by atoms with Crippen molar-refractivity contribution in [3.05, 3.63) is 58.8 Å². The van der Waals surface area contributed by atoms with Crippen LogP contribution in [0.5, 0.6) is 0 Å². The normalized spacial score (nSPS) is 11.6. The Morgan fingerprint density at radius 2 is 1.91 bits per heavy atom. The molecule has 0 unspecified atom stereocenters. The predicted octanol–water partition coefficient (Wildman–Crippen LogP) is 3.05. The van der Waals surface area contributed by atoms with Crippen molar-refractivity contribution < 1.29 is 14.3 Å². The molecule has 0 bridgehead atoms. The van der Waals surface area contributed by atoms with Gasteiger partial charge in [-0.05, 0) is 41.1 Å². The molecule has 1 heterocycles. The molecule has 1 amide bonds. The Hall–Kier alpha value is -2.21. The molecule has 0 fully saturated rings. The number of carbonyl (C=O) groups excluding carboxylic acids is 2. The van der Waals surface area contributed by atoms with Gasteiger partial charge in [0.05, 0.1) is 5.56 Å². The number of rotatable bonds is 4. The maximum Gasteiger partial charge on any atom is 0.340 e. The summed E-state index contributed by atoms with van der Waals surface area (Å²) < 4.78 is 5.87. The molecule has 0 radical (unpaired) electrons.